The lowest BCUT2D eigenvalue weighted by Crippen LogP contribution is -2.34. The molecule has 0 aliphatic carbocycles. The monoisotopic (exact) mass is 622 g/mol. The number of hydrogen-bond acceptors (Lipinski definition) is 13. The Morgan fingerprint density at radius 2 is 1.49 bits per heavy atom. The highest BCUT2D eigenvalue weighted by Gasteiger charge is 2.30. The standard InChI is InChI=1S/C18H27N5O3S.C6H3N3O7/c1-13-6-8-15(9-7-13)27(25,26)23(12-4-10-19)11-3-5-16-14(2)21-18(20)22-17(16)24;10-6-4(8(13)14)1-3(7(11)12)2-5(6)9(15)16/h6-9H,3-5,10-12,19H2,1-2H3,(H3,20,21,22,24);1-2,10H. The zero-order valence-electron chi connectivity index (χ0n) is 23.1. The number of H-pyrrole nitrogens is 1. The second kappa shape index (κ2) is 14.8. The summed E-state index contributed by atoms with van der Waals surface area (Å²) in [4.78, 5) is 46.6. The van der Waals surface area contributed by atoms with Gasteiger partial charge in [0.05, 0.1) is 31.8 Å². The summed E-state index contributed by atoms with van der Waals surface area (Å²) in [5, 5.41) is 40.2. The van der Waals surface area contributed by atoms with Crippen LogP contribution in [0.1, 0.15) is 29.7 Å². The van der Waals surface area contributed by atoms with Crippen molar-refractivity contribution in [3.63, 3.8) is 0 Å². The van der Waals surface area contributed by atoms with Gasteiger partial charge in [-0.05, 0) is 51.8 Å². The van der Waals surface area contributed by atoms with Gasteiger partial charge in [-0.15, -0.1) is 0 Å². The number of nitrogen functional groups attached to an aromatic ring is 1. The third-order valence-corrected chi connectivity index (χ3v) is 7.92. The number of nitro groups is 3. The number of nitrogens with zero attached hydrogens (tertiary/aromatic N) is 5. The third-order valence-electron chi connectivity index (χ3n) is 6.00. The first-order valence-electron chi connectivity index (χ1n) is 12.5. The van der Waals surface area contributed by atoms with Gasteiger partial charge in [-0.3, -0.25) is 40.1 Å². The highest BCUT2D eigenvalue weighted by molar-refractivity contribution is 7.89. The summed E-state index contributed by atoms with van der Waals surface area (Å²) in [5.74, 6) is -1.13. The van der Waals surface area contributed by atoms with E-state index in [1.807, 2.05) is 6.92 Å². The smallest absolute Gasteiger partial charge is 0.324 e. The number of aryl methyl sites for hydroxylation is 2. The van der Waals surface area contributed by atoms with Gasteiger partial charge in [0.1, 0.15) is 0 Å². The molecule has 0 radical (unpaired) electrons. The summed E-state index contributed by atoms with van der Waals surface area (Å²) in [7, 11) is -3.62. The maximum atomic E-state index is 13.0. The SMILES string of the molecule is Cc1ccc(S(=O)(=O)N(CCCN)CCCc2c(C)nc(N)[nH]c2=O)cc1.O=[N+]([O-])c1cc([N+](=O)[O-])c(O)c([N+](=O)[O-])c1. The van der Waals surface area contributed by atoms with Crippen molar-refractivity contribution < 1.29 is 28.3 Å². The number of aromatic nitrogens is 2. The fraction of sp³-hybridized carbons (Fsp3) is 0.333. The van der Waals surface area contributed by atoms with Gasteiger partial charge in [-0.1, -0.05) is 17.7 Å². The fourth-order valence-electron chi connectivity index (χ4n) is 3.81. The van der Waals surface area contributed by atoms with Crippen LogP contribution in [-0.2, 0) is 16.4 Å². The molecule has 3 aromatic rings. The maximum absolute atomic E-state index is 13.0. The molecule has 19 heteroatoms. The molecule has 43 heavy (non-hydrogen) atoms. The number of rotatable bonds is 12. The van der Waals surface area contributed by atoms with E-state index in [-0.39, 0.29) is 16.4 Å². The molecule has 0 saturated carbocycles. The van der Waals surface area contributed by atoms with Crippen molar-refractivity contribution in [1.82, 2.24) is 14.3 Å². The normalized spacial score (nSPS) is 11.1. The molecule has 0 fully saturated rings. The second-order valence-electron chi connectivity index (χ2n) is 9.08. The molecule has 0 spiro atoms. The number of anilines is 1. The summed E-state index contributed by atoms with van der Waals surface area (Å²) >= 11 is 0. The molecule has 232 valence electrons. The minimum Gasteiger partial charge on any atom is -0.497 e. The molecule has 1 aromatic heterocycles. The number of aromatic amines is 1. The predicted molar refractivity (Wildman–Crippen MR) is 154 cm³/mol. The molecule has 3 rings (SSSR count). The van der Waals surface area contributed by atoms with Gasteiger partial charge < -0.3 is 16.6 Å². The topological polar surface area (TPSA) is 285 Å². The molecule has 0 bridgehead atoms. The molecular weight excluding hydrogens is 592 g/mol. The van der Waals surface area contributed by atoms with Gasteiger partial charge >= 0.3 is 11.4 Å². The fourth-order valence-corrected chi connectivity index (χ4v) is 5.33. The number of nitrogens with two attached hydrogens (primary N) is 2. The maximum Gasteiger partial charge on any atom is 0.324 e. The van der Waals surface area contributed by atoms with Crippen molar-refractivity contribution in [2.24, 2.45) is 5.73 Å². The first-order valence-corrected chi connectivity index (χ1v) is 14.0. The second-order valence-corrected chi connectivity index (χ2v) is 11.0. The van der Waals surface area contributed by atoms with Crippen molar-refractivity contribution in [2.75, 3.05) is 25.4 Å². The van der Waals surface area contributed by atoms with E-state index in [4.69, 9.17) is 16.6 Å². The zero-order valence-corrected chi connectivity index (χ0v) is 23.9. The Bertz CT molecular complexity index is 1620. The summed E-state index contributed by atoms with van der Waals surface area (Å²) in [6.45, 7) is 4.65. The van der Waals surface area contributed by atoms with Crippen LogP contribution in [0.3, 0.4) is 0 Å². The molecule has 0 amide bonds. The molecule has 0 saturated heterocycles. The van der Waals surface area contributed by atoms with E-state index in [1.54, 1.807) is 31.2 Å². The molecule has 0 unspecified atom stereocenters. The van der Waals surface area contributed by atoms with E-state index in [0.29, 0.717) is 62.3 Å². The Morgan fingerprint density at radius 3 is 1.95 bits per heavy atom. The van der Waals surface area contributed by atoms with Gasteiger partial charge in [-0.2, -0.15) is 4.31 Å². The lowest BCUT2D eigenvalue weighted by molar-refractivity contribution is -0.404. The Morgan fingerprint density at radius 1 is 0.953 bits per heavy atom. The van der Waals surface area contributed by atoms with Crippen LogP contribution in [0.2, 0.25) is 0 Å². The third kappa shape index (κ3) is 8.99. The van der Waals surface area contributed by atoms with Gasteiger partial charge in [0, 0.05) is 24.3 Å². The van der Waals surface area contributed by atoms with Crippen LogP contribution in [0.5, 0.6) is 5.75 Å². The van der Waals surface area contributed by atoms with Crippen LogP contribution in [-0.4, -0.2) is 62.2 Å². The van der Waals surface area contributed by atoms with Gasteiger partial charge in [0.25, 0.3) is 17.0 Å². The van der Waals surface area contributed by atoms with Gasteiger partial charge in [-0.25, -0.2) is 13.4 Å². The van der Waals surface area contributed by atoms with Crippen LogP contribution in [0, 0.1) is 44.2 Å². The van der Waals surface area contributed by atoms with Crippen molar-refractivity contribution in [3.8, 4) is 5.75 Å². The number of phenolic OH excluding ortho intramolecular Hbond substituents is 1. The Labute approximate surface area is 244 Å². The van der Waals surface area contributed by atoms with E-state index in [2.05, 4.69) is 9.97 Å². The average molecular weight is 623 g/mol. The van der Waals surface area contributed by atoms with Crippen LogP contribution in [0.4, 0.5) is 23.0 Å². The van der Waals surface area contributed by atoms with E-state index in [1.165, 1.54) is 4.31 Å². The molecule has 0 atom stereocenters. The quantitative estimate of drug-likeness (QED) is 0.166. The molecule has 2 aromatic carbocycles. The number of nitrogens with one attached hydrogen (secondary N) is 1. The van der Waals surface area contributed by atoms with Crippen LogP contribution in [0.15, 0.2) is 46.1 Å². The number of aromatic hydroxyl groups is 1. The Kier molecular flexibility index (Phi) is 11.7. The number of hydrogen-bond donors (Lipinski definition) is 4. The summed E-state index contributed by atoms with van der Waals surface area (Å²) in [5.41, 5.74) is 9.89. The Hall–Kier alpha value is -5.01. The first kappa shape index (κ1) is 34.2. The van der Waals surface area contributed by atoms with E-state index in [0.717, 1.165) is 5.56 Å². The predicted octanol–water partition coefficient (Wildman–Crippen LogP) is 2.06. The van der Waals surface area contributed by atoms with Crippen LogP contribution in [0.25, 0.3) is 0 Å². The number of sulfonamides is 1. The van der Waals surface area contributed by atoms with Crippen molar-refractivity contribution in [2.45, 2.75) is 38.0 Å². The zero-order chi connectivity index (χ0) is 32.5. The summed E-state index contributed by atoms with van der Waals surface area (Å²) in [6, 6.07) is 7.66. The molecule has 0 aliphatic rings. The minimum absolute atomic E-state index is 0.0766. The van der Waals surface area contributed by atoms with E-state index >= 15 is 0 Å². The summed E-state index contributed by atoms with van der Waals surface area (Å²) in [6.07, 6.45) is 1.47. The number of non-ortho nitro benzene ring substituents is 1. The van der Waals surface area contributed by atoms with Crippen molar-refractivity contribution in [1.29, 1.82) is 0 Å². The number of phenols is 1. The first-order chi connectivity index (χ1) is 20.1. The highest BCUT2D eigenvalue weighted by Crippen LogP contribution is 2.39. The minimum atomic E-state index is -3.62. The number of benzene rings is 2. The largest absolute Gasteiger partial charge is 0.497 e. The van der Waals surface area contributed by atoms with Crippen LogP contribution < -0.4 is 17.0 Å². The van der Waals surface area contributed by atoms with Crippen molar-refractivity contribution in [3.05, 3.63) is 93.9 Å². The van der Waals surface area contributed by atoms with Crippen molar-refractivity contribution >= 4 is 33.0 Å². The highest BCUT2D eigenvalue weighted by atomic mass is 32.2. The van der Waals surface area contributed by atoms with E-state index in [9.17, 15) is 43.6 Å². The van der Waals surface area contributed by atoms with Gasteiger partial charge in [0.2, 0.25) is 16.0 Å². The lowest BCUT2D eigenvalue weighted by atomic mass is 10.1. The Balaban J connectivity index is 0.000000344. The van der Waals surface area contributed by atoms with E-state index < -0.39 is 47.6 Å². The number of nitro benzene ring substituents is 3. The molecule has 1 heterocycles. The average Bonchev–Trinajstić information content (AvgIpc) is 2.91. The molecule has 0 aliphatic heterocycles. The molecular formula is C24H30N8O10S. The van der Waals surface area contributed by atoms with Gasteiger partial charge in [0.15, 0.2) is 0 Å². The van der Waals surface area contributed by atoms with Crippen LogP contribution >= 0.6 is 0 Å². The molecule has 18 nitrogen and oxygen atoms in total. The lowest BCUT2D eigenvalue weighted by Gasteiger charge is -2.22. The summed E-state index contributed by atoms with van der Waals surface area (Å²) < 4.78 is 27.3. The molecule has 6 N–H and O–H groups in total.